The van der Waals surface area contributed by atoms with Gasteiger partial charge in [-0.2, -0.15) is 5.26 Å². The lowest BCUT2D eigenvalue weighted by atomic mass is 9.96. The topological polar surface area (TPSA) is 77.8 Å². The Morgan fingerprint density at radius 2 is 2.11 bits per heavy atom. The van der Waals surface area contributed by atoms with Crippen LogP contribution in [0.3, 0.4) is 0 Å². The molecule has 0 saturated carbocycles. The lowest BCUT2D eigenvalue weighted by Gasteiger charge is -2.17. The molecule has 2 N–H and O–H groups in total. The van der Waals surface area contributed by atoms with E-state index in [9.17, 15) is 4.79 Å². The van der Waals surface area contributed by atoms with Gasteiger partial charge < -0.3 is 10.6 Å². The first-order valence-electron chi connectivity index (χ1n) is 5.83. The van der Waals surface area contributed by atoms with E-state index in [0.717, 1.165) is 0 Å². The van der Waals surface area contributed by atoms with Gasteiger partial charge in [-0.05, 0) is 12.1 Å². The standard InChI is InChI=1S/C13H18N4O/c1-13(2,3)12(18)16-8-7-15-11-6-4-5-10(9-14)17-11/h4-6H,7-8H2,1-3H3,(H,15,17)(H,16,18). The van der Waals surface area contributed by atoms with Gasteiger partial charge in [0.25, 0.3) is 0 Å². The Bertz CT molecular complexity index is 457. The SMILES string of the molecule is CC(C)(C)C(=O)NCCNc1cccc(C#N)n1. The molecular weight excluding hydrogens is 228 g/mol. The number of nitrogens with zero attached hydrogens (tertiary/aromatic N) is 2. The highest BCUT2D eigenvalue weighted by Gasteiger charge is 2.20. The number of rotatable bonds is 4. The number of nitriles is 1. The Kier molecular flexibility index (Phi) is 4.67. The van der Waals surface area contributed by atoms with E-state index in [-0.39, 0.29) is 11.3 Å². The van der Waals surface area contributed by atoms with Crippen molar-refractivity contribution < 1.29 is 4.79 Å². The normalized spacial score (nSPS) is 10.6. The van der Waals surface area contributed by atoms with E-state index < -0.39 is 0 Å². The summed E-state index contributed by atoms with van der Waals surface area (Å²) in [5.41, 5.74) is -0.00220. The van der Waals surface area contributed by atoms with Gasteiger partial charge in [0.15, 0.2) is 0 Å². The van der Waals surface area contributed by atoms with Crippen LogP contribution in [-0.4, -0.2) is 24.0 Å². The van der Waals surface area contributed by atoms with Crippen molar-refractivity contribution in [2.45, 2.75) is 20.8 Å². The molecule has 1 rings (SSSR count). The van der Waals surface area contributed by atoms with Crippen molar-refractivity contribution in [2.75, 3.05) is 18.4 Å². The summed E-state index contributed by atoms with van der Waals surface area (Å²) < 4.78 is 0. The summed E-state index contributed by atoms with van der Waals surface area (Å²) >= 11 is 0. The van der Waals surface area contributed by atoms with Crippen molar-refractivity contribution in [1.29, 1.82) is 5.26 Å². The van der Waals surface area contributed by atoms with E-state index >= 15 is 0 Å². The van der Waals surface area contributed by atoms with Crippen LogP contribution in [0.5, 0.6) is 0 Å². The molecule has 0 bridgehead atoms. The number of carbonyl (C=O) groups excluding carboxylic acids is 1. The van der Waals surface area contributed by atoms with Gasteiger partial charge in [0.2, 0.25) is 5.91 Å². The summed E-state index contributed by atoms with van der Waals surface area (Å²) in [6, 6.07) is 7.17. The Morgan fingerprint density at radius 1 is 1.39 bits per heavy atom. The summed E-state index contributed by atoms with van der Waals surface area (Å²) in [7, 11) is 0. The Hall–Kier alpha value is -2.09. The first-order chi connectivity index (χ1) is 8.43. The fraction of sp³-hybridized carbons (Fsp3) is 0.462. The number of carbonyl (C=O) groups is 1. The minimum Gasteiger partial charge on any atom is -0.368 e. The molecule has 5 nitrogen and oxygen atoms in total. The smallest absolute Gasteiger partial charge is 0.225 e. The van der Waals surface area contributed by atoms with Gasteiger partial charge >= 0.3 is 0 Å². The molecule has 1 amide bonds. The third kappa shape index (κ3) is 4.42. The quantitative estimate of drug-likeness (QED) is 0.790. The number of amides is 1. The van der Waals surface area contributed by atoms with Crippen molar-refractivity contribution >= 4 is 11.7 Å². The van der Waals surface area contributed by atoms with E-state index in [1.54, 1.807) is 18.2 Å². The van der Waals surface area contributed by atoms with Gasteiger partial charge in [0.05, 0.1) is 0 Å². The fourth-order valence-electron chi connectivity index (χ4n) is 1.23. The number of anilines is 1. The van der Waals surface area contributed by atoms with Crippen molar-refractivity contribution in [3.8, 4) is 6.07 Å². The lowest BCUT2D eigenvalue weighted by Crippen LogP contribution is -2.37. The molecule has 18 heavy (non-hydrogen) atoms. The van der Waals surface area contributed by atoms with Crippen LogP contribution in [0.1, 0.15) is 26.5 Å². The average molecular weight is 246 g/mol. The summed E-state index contributed by atoms with van der Waals surface area (Å²) in [6.07, 6.45) is 0. The van der Waals surface area contributed by atoms with Gasteiger partial charge in [-0.25, -0.2) is 4.98 Å². The van der Waals surface area contributed by atoms with E-state index in [1.807, 2.05) is 26.8 Å². The molecule has 1 heterocycles. The van der Waals surface area contributed by atoms with Crippen LogP contribution in [0.25, 0.3) is 0 Å². The Balaban J connectivity index is 2.34. The first kappa shape index (κ1) is 14.0. The summed E-state index contributed by atoms with van der Waals surface area (Å²) in [5.74, 6) is 0.655. The van der Waals surface area contributed by atoms with Crippen LogP contribution in [0, 0.1) is 16.7 Å². The second-order valence-electron chi connectivity index (χ2n) is 4.95. The summed E-state index contributed by atoms with van der Waals surface area (Å²) in [4.78, 5) is 15.7. The number of pyridine rings is 1. The molecule has 1 aromatic rings. The van der Waals surface area contributed by atoms with Gasteiger partial charge in [0, 0.05) is 18.5 Å². The fourth-order valence-corrected chi connectivity index (χ4v) is 1.23. The van der Waals surface area contributed by atoms with Crippen LogP contribution in [0.15, 0.2) is 18.2 Å². The molecule has 96 valence electrons. The average Bonchev–Trinajstić information content (AvgIpc) is 2.33. The third-order valence-corrected chi connectivity index (χ3v) is 2.26. The maximum absolute atomic E-state index is 11.6. The molecule has 5 heteroatoms. The number of hydrogen-bond donors (Lipinski definition) is 2. The molecule has 0 atom stereocenters. The highest BCUT2D eigenvalue weighted by Crippen LogP contribution is 2.11. The first-order valence-corrected chi connectivity index (χ1v) is 5.83. The number of aromatic nitrogens is 1. The van der Waals surface area contributed by atoms with Crippen LogP contribution in [-0.2, 0) is 4.79 Å². The molecule has 0 spiro atoms. The minimum absolute atomic E-state index is 0.0167. The number of nitrogens with one attached hydrogen (secondary N) is 2. The molecule has 0 saturated heterocycles. The zero-order valence-corrected chi connectivity index (χ0v) is 10.9. The molecule has 0 aliphatic heterocycles. The van der Waals surface area contributed by atoms with Crippen molar-refractivity contribution in [2.24, 2.45) is 5.41 Å². The van der Waals surface area contributed by atoms with Gasteiger partial charge in [-0.15, -0.1) is 0 Å². The lowest BCUT2D eigenvalue weighted by molar-refractivity contribution is -0.128. The maximum Gasteiger partial charge on any atom is 0.225 e. The Labute approximate surface area is 107 Å². The van der Waals surface area contributed by atoms with E-state index in [2.05, 4.69) is 15.6 Å². The van der Waals surface area contributed by atoms with Crippen molar-refractivity contribution in [3.05, 3.63) is 23.9 Å². The van der Waals surface area contributed by atoms with Crippen LogP contribution in [0.2, 0.25) is 0 Å². The van der Waals surface area contributed by atoms with Crippen molar-refractivity contribution in [3.63, 3.8) is 0 Å². The predicted molar refractivity (Wildman–Crippen MR) is 69.9 cm³/mol. The zero-order chi connectivity index (χ0) is 13.6. The zero-order valence-electron chi connectivity index (χ0n) is 10.9. The molecule has 1 aromatic heterocycles. The second-order valence-corrected chi connectivity index (χ2v) is 4.95. The van der Waals surface area contributed by atoms with Gasteiger partial charge in [0.1, 0.15) is 17.6 Å². The molecule has 0 aliphatic carbocycles. The molecule has 0 aromatic carbocycles. The minimum atomic E-state index is -0.376. The second kappa shape index (κ2) is 6.01. The molecule has 0 fully saturated rings. The highest BCUT2D eigenvalue weighted by molar-refractivity contribution is 5.81. The Morgan fingerprint density at radius 3 is 2.72 bits per heavy atom. The molecule has 0 unspecified atom stereocenters. The summed E-state index contributed by atoms with van der Waals surface area (Å²) in [6.45, 7) is 6.70. The maximum atomic E-state index is 11.6. The van der Waals surface area contributed by atoms with Crippen LogP contribution in [0.4, 0.5) is 5.82 Å². The monoisotopic (exact) mass is 246 g/mol. The molecule has 0 aliphatic rings. The van der Waals surface area contributed by atoms with Crippen LogP contribution >= 0.6 is 0 Å². The largest absolute Gasteiger partial charge is 0.368 e. The van der Waals surface area contributed by atoms with E-state index in [4.69, 9.17) is 5.26 Å². The summed E-state index contributed by atoms with van der Waals surface area (Å²) in [5, 5.41) is 14.6. The third-order valence-electron chi connectivity index (χ3n) is 2.26. The van der Waals surface area contributed by atoms with E-state index in [0.29, 0.717) is 24.6 Å². The predicted octanol–water partition coefficient (Wildman–Crippen LogP) is 1.53. The van der Waals surface area contributed by atoms with Gasteiger partial charge in [-0.1, -0.05) is 26.8 Å². The highest BCUT2D eigenvalue weighted by atomic mass is 16.2. The van der Waals surface area contributed by atoms with Crippen LogP contribution < -0.4 is 10.6 Å². The van der Waals surface area contributed by atoms with Gasteiger partial charge in [-0.3, -0.25) is 4.79 Å². The van der Waals surface area contributed by atoms with E-state index in [1.165, 1.54) is 0 Å². The van der Waals surface area contributed by atoms with Crippen molar-refractivity contribution in [1.82, 2.24) is 10.3 Å². The number of hydrogen-bond acceptors (Lipinski definition) is 4. The molecule has 0 radical (unpaired) electrons. The molecular formula is C13H18N4O.